The first kappa shape index (κ1) is 15.1. The van der Waals surface area contributed by atoms with Crippen LogP contribution in [-0.2, 0) is 20.7 Å². The molecule has 0 aliphatic rings. The lowest BCUT2D eigenvalue weighted by Crippen LogP contribution is -2.21. The second kappa shape index (κ2) is 7.44. The van der Waals surface area contributed by atoms with E-state index >= 15 is 0 Å². The van der Waals surface area contributed by atoms with Gasteiger partial charge in [-0.05, 0) is 34.5 Å². The van der Waals surface area contributed by atoms with E-state index in [9.17, 15) is 9.59 Å². The number of carbonyl (C=O) groups excluding carboxylic acids is 2. The van der Waals surface area contributed by atoms with E-state index < -0.39 is 5.97 Å². The Morgan fingerprint density at radius 2 is 2.14 bits per heavy atom. The van der Waals surface area contributed by atoms with Crippen LogP contribution in [0.1, 0.15) is 5.56 Å². The summed E-state index contributed by atoms with van der Waals surface area (Å²) in [6.45, 7) is -0.305. The number of ether oxygens (including phenoxy) is 2. The van der Waals surface area contributed by atoms with Gasteiger partial charge < -0.3 is 14.8 Å². The monoisotopic (exact) mass is 305 g/mol. The molecule has 0 fully saturated rings. The van der Waals surface area contributed by atoms with Gasteiger partial charge in [0.15, 0.2) is 6.61 Å². The van der Waals surface area contributed by atoms with Gasteiger partial charge in [-0.3, -0.25) is 9.59 Å². The molecule has 0 aliphatic heterocycles. The number of hydrogen-bond donors (Lipinski definition) is 1. The Kier molecular flexibility index (Phi) is 5.34. The number of amides is 1. The second-order valence-corrected chi connectivity index (χ2v) is 5.03. The fourth-order valence-electron chi connectivity index (χ4n) is 1.65. The molecule has 0 unspecified atom stereocenters. The highest BCUT2D eigenvalue weighted by molar-refractivity contribution is 7.07. The number of carbonyl (C=O) groups is 2. The second-order valence-electron chi connectivity index (χ2n) is 4.25. The molecule has 0 radical (unpaired) electrons. The molecule has 0 saturated carbocycles. The topological polar surface area (TPSA) is 64.6 Å². The van der Waals surface area contributed by atoms with E-state index in [0.29, 0.717) is 11.4 Å². The third-order valence-corrected chi connectivity index (χ3v) is 3.38. The Labute approximate surface area is 126 Å². The number of esters is 1. The van der Waals surface area contributed by atoms with Crippen LogP contribution in [0.5, 0.6) is 5.75 Å². The fourth-order valence-corrected chi connectivity index (χ4v) is 2.32. The van der Waals surface area contributed by atoms with Crippen LogP contribution >= 0.6 is 11.3 Å². The first-order chi connectivity index (χ1) is 10.2. The number of hydrogen-bond acceptors (Lipinski definition) is 5. The largest absolute Gasteiger partial charge is 0.497 e. The maximum Gasteiger partial charge on any atom is 0.310 e. The van der Waals surface area contributed by atoms with Crippen molar-refractivity contribution >= 4 is 28.9 Å². The van der Waals surface area contributed by atoms with Gasteiger partial charge >= 0.3 is 5.97 Å². The molecule has 6 heteroatoms. The van der Waals surface area contributed by atoms with Gasteiger partial charge in [0.2, 0.25) is 0 Å². The minimum Gasteiger partial charge on any atom is -0.497 e. The molecule has 0 saturated heterocycles. The van der Waals surface area contributed by atoms with E-state index in [0.717, 1.165) is 5.56 Å². The SMILES string of the molecule is COc1cccc(NC(=O)COC(=O)Cc2ccsc2)c1. The highest BCUT2D eigenvalue weighted by Crippen LogP contribution is 2.16. The summed E-state index contributed by atoms with van der Waals surface area (Å²) in [5.41, 5.74) is 1.48. The van der Waals surface area contributed by atoms with E-state index in [1.54, 1.807) is 31.4 Å². The van der Waals surface area contributed by atoms with Gasteiger partial charge in [-0.2, -0.15) is 11.3 Å². The maximum absolute atomic E-state index is 11.7. The van der Waals surface area contributed by atoms with Crippen molar-refractivity contribution in [2.75, 3.05) is 19.0 Å². The molecule has 110 valence electrons. The van der Waals surface area contributed by atoms with Gasteiger partial charge in [0.1, 0.15) is 5.75 Å². The van der Waals surface area contributed by atoms with Crippen LogP contribution in [0.3, 0.4) is 0 Å². The van der Waals surface area contributed by atoms with Gasteiger partial charge in [-0.25, -0.2) is 0 Å². The van der Waals surface area contributed by atoms with Crippen molar-refractivity contribution in [2.24, 2.45) is 0 Å². The quantitative estimate of drug-likeness (QED) is 0.833. The van der Waals surface area contributed by atoms with Gasteiger partial charge in [0.05, 0.1) is 13.5 Å². The van der Waals surface area contributed by atoms with Crippen molar-refractivity contribution in [2.45, 2.75) is 6.42 Å². The molecule has 21 heavy (non-hydrogen) atoms. The molecule has 0 spiro atoms. The van der Waals surface area contributed by atoms with Crippen molar-refractivity contribution in [3.05, 3.63) is 46.7 Å². The predicted octanol–water partition coefficient (Wildman–Crippen LogP) is 2.48. The number of thiophene rings is 1. The summed E-state index contributed by atoms with van der Waals surface area (Å²) in [5, 5.41) is 6.40. The fraction of sp³-hybridized carbons (Fsp3) is 0.200. The van der Waals surface area contributed by atoms with E-state index in [4.69, 9.17) is 9.47 Å². The van der Waals surface area contributed by atoms with Crippen LogP contribution in [0.15, 0.2) is 41.1 Å². The molecular weight excluding hydrogens is 290 g/mol. The molecule has 1 N–H and O–H groups in total. The third-order valence-electron chi connectivity index (χ3n) is 2.65. The van der Waals surface area contributed by atoms with Crippen LogP contribution < -0.4 is 10.1 Å². The molecule has 5 nitrogen and oxygen atoms in total. The van der Waals surface area contributed by atoms with Crippen molar-refractivity contribution in [3.8, 4) is 5.75 Å². The molecular formula is C15H15NO4S. The lowest BCUT2D eigenvalue weighted by atomic mass is 10.2. The van der Waals surface area contributed by atoms with Gasteiger partial charge in [0.25, 0.3) is 5.91 Å². The van der Waals surface area contributed by atoms with Crippen LogP contribution in [0, 0.1) is 0 Å². The first-order valence-corrected chi connectivity index (χ1v) is 7.22. The summed E-state index contributed by atoms with van der Waals surface area (Å²) >= 11 is 1.51. The van der Waals surface area contributed by atoms with E-state index in [-0.39, 0.29) is 18.9 Å². The Morgan fingerprint density at radius 3 is 2.86 bits per heavy atom. The summed E-state index contributed by atoms with van der Waals surface area (Å²) in [4.78, 5) is 23.2. The van der Waals surface area contributed by atoms with Crippen LogP contribution in [0.4, 0.5) is 5.69 Å². The first-order valence-electron chi connectivity index (χ1n) is 6.28. The molecule has 2 aromatic rings. The summed E-state index contributed by atoms with van der Waals surface area (Å²) < 4.78 is 9.99. The van der Waals surface area contributed by atoms with E-state index in [2.05, 4.69) is 5.32 Å². The number of methoxy groups -OCH3 is 1. The smallest absolute Gasteiger partial charge is 0.310 e. The minimum absolute atomic E-state index is 0.177. The molecule has 2 rings (SSSR count). The van der Waals surface area contributed by atoms with Crippen LogP contribution in [0.2, 0.25) is 0 Å². The zero-order valence-electron chi connectivity index (χ0n) is 11.5. The summed E-state index contributed by atoms with van der Waals surface area (Å²) in [6.07, 6.45) is 0.177. The Balaban J connectivity index is 1.77. The average Bonchev–Trinajstić information content (AvgIpc) is 2.98. The van der Waals surface area contributed by atoms with Crippen molar-refractivity contribution in [3.63, 3.8) is 0 Å². The molecule has 1 aromatic heterocycles. The van der Waals surface area contributed by atoms with E-state index in [1.807, 2.05) is 16.8 Å². The van der Waals surface area contributed by atoms with Gasteiger partial charge in [-0.1, -0.05) is 6.07 Å². The lowest BCUT2D eigenvalue weighted by Gasteiger charge is -2.07. The number of benzene rings is 1. The number of rotatable bonds is 6. The number of nitrogens with one attached hydrogen (secondary N) is 1. The zero-order chi connectivity index (χ0) is 15.1. The van der Waals surface area contributed by atoms with Crippen LogP contribution in [0.25, 0.3) is 0 Å². The molecule has 1 aromatic carbocycles. The highest BCUT2D eigenvalue weighted by Gasteiger charge is 2.09. The van der Waals surface area contributed by atoms with Gasteiger partial charge in [0, 0.05) is 11.8 Å². The summed E-state index contributed by atoms with van der Waals surface area (Å²) in [5.74, 6) is -0.168. The van der Waals surface area contributed by atoms with Crippen molar-refractivity contribution in [1.29, 1.82) is 0 Å². The third kappa shape index (κ3) is 4.92. The maximum atomic E-state index is 11.7. The zero-order valence-corrected chi connectivity index (χ0v) is 12.3. The highest BCUT2D eigenvalue weighted by atomic mass is 32.1. The Morgan fingerprint density at radius 1 is 1.29 bits per heavy atom. The molecule has 0 bridgehead atoms. The molecule has 1 heterocycles. The number of anilines is 1. The van der Waals surface area contributed by atoms with Crippen molar-refractivity contribution < 1.29 is 19.1 Å². The minimum atomic E-state index is -0.422. The van der Waals surface area contributed by atoms with Crippen molar-refractivity contribution in [1.82, 2.24) is 0 Å². The summed E-state index contributed by atoms with van der Waals surface area (Å²) in [7, 11) is 1.55. The normalized spacial score (nSPS) is 9.95. The molecule has 0 atom stereocenters. The van der Waals surface area contributed by atoms with Crippen LogP contribution in [-0.4, -0.2) is 25.6 Å². The lowest BCUT2D eigenvalue weighted by molar-refractivity contribution is -0.146. The van der Waals surface area contributed by atoms with Gasteiger partial charge in [-0.15, -0.1) is 0 Å². The van der Waals surface area contributed by atoms with E-state index in [1.165, 1.54) is 11.3 Å². The Hall–Kier alpha value is -2.34. The average molecular weight is 305 g/mol. The Bertz CT molecular complexity index is 610. The summed E-state index contributed by atoms with van der Waals surface area (Å²) in [6, 6.07) is 8.80. The standard InChI is InChI=1S/C15H15NO4S/c1-19-13-4-2-3-12(8-13)16-14(17)9-20-15(18)7-11-5-6-21-10-11/h2-6,8,10H,7,9H2,1H3,(H,16,17). The predicted molar refractivity (Wildman–Crippen MR) is 80.6 cm³/mol. The molecule has 1 amide bonds. The molecule has 0 aliphatic carbocycles.